The molecule has 0 spiro atoms. The highest BCUT2D eigenvalue weighted by Gasteiger charge is 2.36. The minimum absolute atomic E-state index is 0.0647. The number of nitrogens with zero attached hydrogens (tertiary/aromatic N) is 5. The molecule has 10 nitrogen and oxygen atoms in total. The summed E-state index contributed by atoms with van der Waals surface area (Å²) >= 11 is 0. The van der Waals surface area contributed by atoms with E-state index in [0.717, 1.165) is 73.8 Å². The lowest BCUT2D eigenvalue weighted by Crippen LogP contribution is -2.50. The number of fused-ring (bicyclic) bond motifs is 2. The fourth-order valence-corrected chi connectivity index (χ4v) is 10.5. The number of amides is 2. The van der Waals surface area contributed by atoms with Crippen LogP contribution in [0, 0.1) is 5.92 Å². The summed E-state index contributed by atoms with van der Waals surface area (Å²) in [4.78, 5) is 44.6. The first kappa shape index (κ1) is 41.8. The number of alkyl halides is 3. The number of imidazole rings is 1. The number of aromatic nitrogens is 2. The number of carbonyl (C=O) groups is 2. The number of nitrogens with one attached hydrogen (secondary N) is 1. The summed E-state index contributed by atoms with van der Waals surface area (Å²) in [6.45, 7) is 5.63. The van der Waals surface area contributed by atoms with Crippen molar-refractivity contribution >= 4 is 23.0 Å². The zero-order valence-corrected chi connectivity index (χ0v) is 35.6. The summed E-state index contributed by atoms with van der Waals surface area (Å²) in [7, 11) is 0. The number of carbonyl (C=O) groups excluding carboxylic acids is 2. The Bertz CT molecular complexity index is 2550. The van der Waals surface area contributed by atoms with E-state index >= 15 is 0 Å². The number of likely N-dealkylation sites (tertiary alicyclic amines) is 1. The highest BCUT2D eigenvalue weighted by atomic mass is 19.4. The lowest BCUT2D eigenvalue weighted by molar-refractivity contribution is -0.138. The van der Waals surface area contributed by atoms with E-state index in [1.54, 1.807) is 12.3 Å². The molecule has 63 heavy (non-hydrogen) atoms. The third-order valence-corrected chi connectivity index (χ3v) is 14.4. The fourth-order valence-electron chi connectivity index (χ4n) is 10.5. The number of rotatable bonds is 11. The van der Waals surface area contributed by atoms with Crippen LogP contribution in [0.4, 0.5) is 18.9 Å². The van der Waals surface area contributed by atoms with Crippen molar-refractivity contribution < 1.29 is 27.5 Å². The topological polar surface area (TPSA) is 91.5 Å². The highest BCUT2D eigenvalue weighted by molar-refractivity contribution is 6.00. The van der Waals surface area contributed by atoms with Crippen LogP contribution < -0.4 is 15.9 Å². The van der Waals surface area contributed by atoms with Gasteiger partial charge in [0.25, 0.3) is 0 Å². The number of halogens is 3. The van der Waals surface area contributed by atoms with E-state index in [2.05, 4.69) is 62.5 Å². The average molecular weight is 861 g/mol. The Morgan fingerprint density at radius 2 is 1.51 bits per heavy atom. The molecule has 6 heterocycles. The molecular formula is C50H55F3N6O4. The van der Waals surface area contributed by atoms with E-state index < -0.39 is 17.4 Å². The first-order valence-electron chi connectivity index (χ1n) is 22.8. The van der Waals surface area contributed by atoms with Gasteiger partial charge >= 0.3 is 11.9 Å². The quantitative estimate of drug-likeness (QED) is 0.134. The molecular weight excluding hydrogens is 806 g/mol. The Hall–Kier alpha value is -5.24. The first-order chi connectivity index (χ1) is 30.5. The molecule has 2 amide bonds. The van der Waals surface area contributed by atoms with E-state index in [-0.39, 0.29) is 29.5 Å². The lowest BCUT2D eigenvalue weighted by atomic mass is 9.81. The number of anilines is 1. The van der Waals surface area contributed by atoms with Gasteiger partial charge in [-0.1, -0.05) is 61.7 Å². The predicted molar refractivity (Wildman–Crippen MR) is 235 cm³/mol. The van der Waals surface area contributed by atoms with Crippen LogP contribution in [0.25, 0.3) is 11.2 Å². The van der Waals surface area contributed by atoms with Crippen LogP contribution in [0.5, 0.6) is 0 Å². The Kier molecular flexibility index (Phi) is 11.5. The maximum atomic E-state index is 14.5. The molecule has 4 aliphatic heterocycles. The van der Waals surface area contributed by atoms with Crippen LogP contribution >= 0.6 is 0 Å². The Morgan fingerprint density at radius 3 is 2.24 bits per heavy atom. The molecule has 330 valence electrons. The zero-order chi connectivity index (χ0) is 43.2. The van der Waals surface area contributed by atoms with Crippen molar-refractivity contribution in [2.45, 2.75) is 115 Å². The smallest absolute Gasteiger partial charge is 0.373 e. The molecule has 5 aliphatic rings. The van der Waals surface area contributed by atoms with Gasteiger partial charge in [0.1, 0.15) is 0 Å². The standard InChI is InChI=1S/C50H55F3N6O4/c51-50(52,53)44-25-36(28-59-46(44)31-58(49(59)62)42-6-2-5-35(24-42)23-33-3-1-4-33)27-55-19-17-43(18-20-55)63-32-34-7-9-37(10-8-34)38-15-21-56(22-16-38)41-12-11-39-29-57(30-40(39)26-41)45-13-14-47(60)54-48(45)61/h2,5-12,24-26,28,31,33,38,43,45H,1,3-4,13-23,27,29-30,32H2,(H,54,60,61)/t45-/m0/s1. The average Bonchev–Trinajstić information content (AvgIpc) is 3.84. The zero-order valence-electron chi connectivity index (χ0n) is 35.6. The molecule has 10 rings (SSSR count). The number of ether oxygens (including phenoxy) is 1. The predicted octanol–water partition coefficient (Wildman–Crippen LogP) is 8.14. The second kappa shape index (κ2) is 17.4. The van der Waals surface area contributed by atoms with Gasteiger partial charge in [-0.05, 0) is 114 Å². The van der Waals surface area contributed by atoms with E-state index in [1.165, 1.54) is 58.5 Å². The Morgan fingerprint density at radius 1 is 0.730 bits per heavy atom. The van der Waals surface area contributed by atoms with E-state index in [0.29, 0.717) is 62.2 Å². The lowest BCUT2D eigenvalue weighted by Gasteiger charge is -2.34. The molecule has 13 heteroatoms. The minimum atomic E-state index is -4.61. The van der Waals surface area contributed by atoms with Crippen molar-refractivity contribution in [3.05, 3.63) is 135 Å². The molecule has 1 aliphatic carbocycles. The van der Waals surface area contributed by atoms with Crippen molar-refractivity contribution in [1.29, 1.82) is 0 Å². The molecule has 0 bridgehead atoms. The van der Waals surface area contributed by atoms with Crippen molar-refractivity contribution in [3.63, 3.8) is 0 Å². The molecule has 3 aromatic carbocycles. The van der Waals surface area contributed by atoms with Gasteiger partial charge in [-0.15, -0.1) is 0 Å². The molecule has 2 aromatic heterocycles. The Balaban J connectivity index is 0.700. The third kappa shape index (κ3) is 8.97. The van der Waals surface area contributed by atoms with Gasteiger partial charge in [-0.25, -0.2) is 4.79 Å². The molecule has 1 atom stereocenters. The minimum Gasteiger partial charge on any atom is -0.373 e. The molecule has 4 fully saturated rings. The molecule has 0 unspecified atom stereocenters. The van der Waals surface area contributed by atoms with Gasteiger partial charge in [0.05, 0.1) is 35.5 Å². The van der Waals surface area contributed by atoms with Crippen molar-refractivity contribution in [1.82, 2.24) is 24.1 Å². The summed E-state index contributed by atoms with van der Waals surface area (Å²) in [6, 6.07) is 24.1. The molecule has 5 aromatic rings. The molecule has 1 N–H and O–H groups in total. The van der Waals surface area contributed by atoms with Gasteiger partial charge < -0.3 is 9.64 Å². The number of hydrogen-bond acceptors (Lipinski definition) is 7. The summed E-state index contributed by atoms with van der Waals surface area (Å²) in [5.74, 6) is 0.762. The normalized spacial score (nSPS) is 20.9. The highest BCUT2D eigenvalue weighted by Crippen LogP contribution is 2.36. The van der Waals surface area contributed by atoms with Crippen LogP contribution in [0.3, 0.4) is 0 Å². The maximum Gasteiger partial charge on any atom is 0.418 e. The number of pyridine rings is 1. The number of piperidine rings is 3. The van der Waals surface area contributed by atoms with Crippen LogP contribution in [-0.2, 0) is 53.2 Å². The fraction of sp³-hybridized carbons (Fsp3) is 0.460. The van der Waals surface area contributed by atoms with Crippen LogP contribution in [-0.4, -0.2) is 68.9 Å². The second-order valence-corrected chi connectivity index (χ2v) is 18.6. The van der Waals surface area contributed by atoms with Gasteiger partial charge in [0, 0.05) is 70.3 Å². The van der Waals surface area contributed by atoms with Gasteiger partial charge in [-0.2, -0.15) is 13.2 Å². The molecule has 1 saturated carbocycles. The third-order valence-electron chi connectivity index (χ3n) is 14.4. The Labute approximate surface area is 365 Å². The van der Waals surface area contributed by atoms with E-state index in [1.807, 2.05) is 18.2 Å². The SMILES string of the molecule is O=C1CC[C@H](N2Cc3ccc(N4CCC(c5ccc(COC6CCN(Cc7cc(C(F)(F)F)c8cn(-c9cccc(CC%10CCC%10)c9)c(=O)n8c7)CC6)cc5)CC4)cc3C2)C(=O)N1. The molecule has 3 saturated heterocycles. The van der Waals surface area contributed by atoms with Crippen molar-refractivity contribution in [2.75, 3.05) is 31.1 Å². The largest absolute Gasteiger partial charge is 0.418 e. The maximum absolute atomic E-state index is 14.5. The van der Waals surface area contributed by atoms with E-state index in [4.69, 9.17) is 4.74 Å². The molecule has 0 radical (unpaired) electrons. The first-order valence-corrected chi connectivity index (χ1v) is 22.8. The second-order valence-electron chi connectivity index (χ2n) is 18.6. The van der Waals surface area contributed by atoms with Crippen LogP contribution in [0.15, 0.2) is 90.0 Å². The monoisotopic (exact) mass is 860 g/mol. The van der Waals surface area contributed by atoms with Crippen molar-refractivity contribution in [2.24, 2.45) is 5.92 Å². The van der Waals surface area contributed by atoms with E-state index in [9.17, 15) is 27.6 Å². The van der Waals surface area contributed by atoms with Gasteiger partial charge in [0.15, 0.2) is 0 Å². The number of hydrogen-bond donors (Lipinski definition) is 1. The summed E-state index contributed by atoms with van der Waals surface area (Å²) in [5, 5.41) is 2.50. The van der Waals surface area contributed by atoms with Crippen LogP contribution in [0.1, 0.15) is 103 Å². The van der Waals surface area contributed by atoms with Gasteiger partial charge in [-0.3, -0.25) is 33.7 Å². The summed E-state index contributed by atoms with van der Waals surface area (Å²) in [5.41, 5.74) is 6.92. The number of imide groups is 1. The van der Waals surface area contributed by atoms with Gasteiger partial charge in [0.2, 0.25) is 11.8 Å². The summed E-state index contributed by atoms with van der Waals surface area (Å²) < 4.78 is 52.3. The summed E-state index contributed by atoms with van der Waals surface area (Å²) in [6.07, 6.45) is 7.56. The van der Waals surface area contributed by atoms with Crippen LogP contribution in [0.2, 0.25) is 0 Å². The van der Waals surface area contributed by atoms with Crippen molar-refractivity contribution in [3.8, 4) is 5.69 Å². The number of benzene rings is 3.